The van der Waals surface area contributed by atoms with Gasteiger partial charge in [-0.25, -0.2) is 4.98 Å². The van der Waals surface area contributed by atoms with Crippen molar-refractivity contribution in [1.82, 2.24) is 14.7 Å². The van der Waals surface area contributed by atoms with Gasteiger partial charge < -0.3 is 9.72 Å². The molecule has 1 saturated heterocycles. The van der Waals surface area contributed by atoms with E-state index in [1.54, 1.807) is 0 Å². The molecule has 3 heterocycles. The summed E-state index contributed by atoms with van der Waals surface area (Å²) in [5.41, 5.74) is 2.38. The molecule has 1 fully saturated rings. The van der Waals surface area contributed by atoms with Crippen molar-refractivity contribution in [2.45, 2.75) is 19.3 Å². The van der Waals surface area contributed by atoms with Crippen molar-refractivity contribution < 1.29 is 0 Å². The number of halogens is 1. The molecule has 0 aliphatic carbocycles. The van der Waals surface area contributed by atoms with Gasteiger partial charge >= 0.3 is 0 Å². The van der Waals surface area contributed by atoms with E-state index in [0.29, 0.717) is 11.1 Å². The standard InChI is InChI=1S/C12H14ClN3/c1-8-15-12(13)11-6-9(3-5-16(8)11)10-2-4-14-7-10/h3,5-6,10,14H,2,4,7H2,1H3. The van der Waals surface area contributed by atoms with Gasteiger partial charge in [-0.1, -0.05) is 11.6 Å². The van der Waals surface area contributed by atoms with Crippen LogP contribution < -0.4 is 5.32 Å². The van der Waals surface area contributed by atoms with Crippen LogP contribution in [0.2, 0.25) is 5.15 Å². The number of rotatable bonds is 1. The molecule has 1 unspecified atom stereocenters. The normalized spacial score (nSPS) is 20.8. The zero-order valence-corrected chi connectivity index (χ0v) is 9.96. The van der Waals surface area contributed by atoms with Gasteiger partial charge in [0.05, 0.1) is 5.52 Å². The molecule has 1 N–H and O–H groups in total. The summed E-state index contributed by atoms with van der Waals surface area (Å²) in [5.74, 6) is 1.56. The topological polar surface area (TPSA) is 29.3 Å². The van der Waals surface area contributed by atoms with Crippen molar-refractivity contribution in [1.29, 1.82) is 0 Å². The SMILES string of the molecule is Cc1nc(Cl)c2cc(C3CCNC3)ccn12. The Balaban J connectivity index is 2.11. The lowest BCUT2D eigenvalue weighted by molar-refractivity contribution is 0.762. The Morgan fingerprint density at radius 2 is 2.44 bits per heavy atom. The number of hydrogen-bond acceptors (Lipinski definition) is 2. The quantitative estimate of drug-likeness (QED) is 0.823. The molecule has 4 heteroatoms. The fourth-order valence-electron chi connectivity index (χ4n) is 2.40. The number of aromatic nitrogens is 2. The second kappa shape index (κ2) is 3.75. The summed E-state index contributed by atoms with van der Waals surface area (Å²) >= 11 is 6.11. The average molecular weight is 236 g/mol. The van der Waals surface area contributed by atoms with E-state index < -0.39 is 0 Å². The van der Waals surface area contributed by atoms with Crippen molar-refractivity contribution in [2.24, 2.45) is 0 Å². The van der Waals surface area contributed by atoms with E-state index >= 15 is 0 Å². The van der Waals surface area contributed by atoms with Crippen LogP contribution in [0.5, 0.6) is 0 Å². The molecule has 0 radical (unpaired) electrons. The van der Waals surface area contributed by atoms with Gasteiger partial charge in [0, 0.05) is 12.7 Å². The van der Waals surface area contributed by atoms with Crippen molar-refractivity contribution in [2.75, 3.05) is 13.1 Å². The van der Waals surface area contributed by atoms with E-state index in [-0.39, 0.29) is 0 Å². The van der Waals surface area contributed by atoms with Crippen molar-refractivity contribution in [3.8, 4) is 0 Å². The molecule has 0 spiro atoms. The van der Waals surface area contributed by atoms with Crippen molar-refractivity contribution in [3.63, 3.8) is 0 Å². The van der Waals surface area contributed by atoms with Gasteiger partial charge in [0.2, 0.25) is 0 Å². The van der Waals surface area contributed by atoms with Crippen molar-refractivity contribution in [3.05, 3.63) is 34.9 Å². The lowest BCUT2D eigenvalue weighted by Gasteiger charge is -2.09. The maximum Gasteiger partial charge on any atom is 0.155 e. The van der Waals surface area contributed by atoms with E-state index in [1.807, 2.05) is 11.3 Å². The minimum Gasteiger partial charge on any atom is -0.316 e. The molecule has 3 nitrogen and oxygen atoms in total. The number of pyridine rings is 1. The number of nitrogens with one attached hydrogen (secondary N) is 1. The highest BCUT2D eigenvalue weighted by Crippen LogP contribution is 2.26. The van der Waals surface area contributed by atoms with Crippen molar-refractivity contribution >= 4 is 17.1 Å². The number of fused-ring (bicyclic) bond motifs is 1. The summed E-state index contributed by atoms with van der Waals surface area (Å²) in [4.78, 5) is 4.27. The van der Waals surface area contributed by atoms with Crippen LogP contribution in [0, 0.1) is 6.92 Å². The van der Waals surface area contributed by atoms with Gasteiger partial charge in [-0.2, -0.15) is 0 Å². The summed E-state index contributed by atoms with van der Waals surface area (Å²) in [7, 11) is 0. The van der Waals surface area contributed by atoms with Crippen LogP contribution in [0.3, 0.4) is 0 Å². The Bertz CT molecular complexity index is 526. The van der Waals surface area contributed by atoms with Gasteiger partial charge in [-0.15, -0.1) is 0 Å². The van der Waals surface area contributed by atoms with Gasteiger partial charge in [-0.3, -0.25) is 0 Å². The molecular formula is C12H14ClN3. The summed E-state index contributed by atoms with van der Waals surface area (Å²) < 4.78 is 2.04. The first-order valence-electron chi connectivity index (χ1n) is 5.60. The first-order valence-corrected chi connectivity index (χ1v) is 5.98. The zero-order valence-electron chi connectivity index (χ0n) is 9.20. The zero-order chi connectivity index (χ0) is 11.1. The molecule has 3 rings (SSSR count). The summed E-state index contributed by atoms with van der Waals surface area (Å²) in [6, 6.07) is 4.34. The predicted molar refractivity (Wildman–Crippen MR) is 65.2 cm³/mol. The minimum atomic E-state index is 0.602. The molecule has 1 aliphatic rings. The fourth-order valence-corrected chi connectivity index (χ4v) is 2.67. The molecule has 84 valence electrons. The average Bonchev–Trinajstić information content (AvgIpc) is 2.88. The lowest BCUT2D eigenvalue weighted by Crippen LogP contribution is -2.08. The molecule has 0 aromatic carbocycles. The maximum atomic E-state index is 6.11. The first-order chi connectivity index (χ1) is 7.75. The number of imidazole rings is 1. The highest BCUT2D eigenvalue weighted by Gasteiger charge is 2.17. The Kier molecular flexibility index (Phi) is 2.37. The Morgan fingerprint density at radius 3 is 3.19 bits per heavy atom. The summed E-state index contributed by atoms with van der Waals surface area (Å²) in [5, 5.41) is 3.99. The number of nitrogens with zero attached hydrogens (tertiary/aromatic N) is 2. The lowest BCUT2D eigenvalue weighted by atomic mass is 9.99. The smallest absolute Gasteiger partial charge is 0.155 e. The highest BCUT2D eigenvalue weighted by molar-refractivity contribution is 6.32. The van der Waals surface area contributed by atoms with Crippen LogP contribution in [0.15, 0.2) is 18.3 Å². The fraction of sp³-hybridized carbons (Fsp3) is 0.417. The molecule has 0 bridgehead atoms. The van der Waals surface area contributed by atoms with Crippen LogP contribution in [0.25, 0.3) is 5.52 Å². The van der Waals surface area contributed by atoms with E-state index in [1.165, 1.54) is 12.0 Å². The van der Waals surface area contributed by atoms with Crippen LogP contribution in [-0.4, -0.2) is 22.5 Å². The van der Waals surface area contributed by atoms with E-state index in [9.17, 15) is 0 Å². The third-order valence-electron chi connectivity index (χ3n) is 3.33. The molecule has 0 saturated carbocycles. The molecule has 16 heavy (non-hydrogen) atoms. The molecule has 1 aliphatic heterocycles. The monoisotopic (exact) mass is 235 g/mol. The Hall–Kier alpha value is -1.06. The summed E-state index contributed by atoms with van der Waals surface area (Å²) in [6.07, 6.45) is 3.28. The third kappa shape index (κ3) is 1.51. The number of hydrogen-bond donors (Lipinski definition) is 1. The molecule has 2 aromatic heterocycles. The third-order valence-corrected chi connectivity index (χ3v) is 3.61. The van der Waals surface area contributed by atoms with Gasteiger partial charge in [0.15, 0.2) is 5.15 Å². The van der Waals surface area contributed by atoms with E-state index in [0.717, 1.165) is 24.4 Å². The van der Waals surface area contributed by atoms with E-state index in [4.69, 9.17) is 11.6 Å². The Morgan fingerprint density at radius 1 is 1.56 bits per heavy atom. The molecular weight excluding hydrogens is 222 g/mol. The van der Waals surface area contributed by atoms with Gasteiger partial charge in [-0.05, 0) is 43.5 Å². The first kappa shape index (κ1) is 10.1. The van der Waals surface area contributed by atoms with Crippen LogP contribution >= 0.6 is 11.6 Å². The van der Waals surface area contributed by atoms with Crippen LogP contribution in [0.1, 0.15) is 23.7 Å². The highest BCUT2D eigenvalue weighted by atomic mass is 35.5. The summed E-state index contributed by atoms with van der Waals surface area (Å²) in [6.45, 7) is 4.15. The van der Waals surface area contributed by atoms with E-state index in [2.05, 4.69) is 28.6 Å². The Labute approximate surface area is 99.4 Å². The predicted octanol–water partition coefficient (Wildman–Crippen LogP) is 2.37. The maximum absolute atomic E-state index is 6.11. The van der Waals surface area contributed by atoms with Gasteiger partial charge in [0.25, 0.3) is 0 Å². The molecule has 1 atom stereocenters. The minimum absolute atomic E-state index is 0.602. The largest absolute Gasteiger partial charge is 0.316 e. The number of aryl methyl sites for hydroxylation is 1. The van der Waals surface area contributed by atoms with Crippen LogP contribution in [-0.2, 0) is 0 Å². The second-order valence-corrected chi connectivity index (χ2v) is 4.71. The molecule has 0 amide bonds. The second-order valence-electron chi connectivity index (χ2n) is 4.35. The van der Waals surface area contributed by atoms with Crippen LogP contribution in [0.4, 0.5) is 0 Å². The molecule has 2 aromatic rings. The van der Waals surface area contributed by atoms with Gasteiger partial charge in [0.1, 0.15) is 5.82 Å².